The van der Waals surface area contributed by atoms with E-state index in [1.807, 2.05) is 19.9 Å². The number of aromatic amines is 1. The third kappa shape index (κ3) is 9.20. The molecule has 0 aliphatic heterocycles. The molecule has 3 amide bonds. The van der Waals surface area contributed by atoms with Crippen LogP contribution in [0.25, 0.3) is 0 Å². The predicted octanol–water partition coefficient (Wildman–Crippen LogP) is 0.127. The number of amides is 3. The number of nitrogens with zero attached hydrogens (tertiary/aromatic N) is 1. The van der Waals surface area contributed by atoms with Gasteiger partial charge in [0.15, 0.2) is 0 Å². The van der Waals surface area contributed by atoms with E-state index in [4.69, 9.17) is 5.73 Å². The van der Waals surface area contributed by atoms with Gasteiger partial charge >= 0.3 is 5.97 Å². The molecule has 190 valence electrons. The van der Waals surface area contributed by atoms with Gasteiger partial charge in [-0.05, 0) is 24.8 Å². The Hall–Kier alpha value is -3.73. The van der Waals surface area contributed by atoms with E-state index in [-0.39, 0.29) is 18.8 Å². The maximum Gasteiger partial charge on any atom is 0.326 e. The SMILES string of the molecule is CC(C)CC(NC(=O)C(C)N)C(=O)NC(Cc1cnc[nH]1)C(=O)NC(Cc1ccccc1)C(=O)O. The molecule has 0 fully saturated rings. The zero-order valence-corrected chi connectivity index (χ0v) is 20.2. The van der Waals surface area contributed by atoms with E-state index >= 15 is 0 Å². The molecule has 11 nitrogen and oxygen atoms in total. The monoisotopic (exact) mass is 486 g/mol. The minimum atomic E-state index is -1.20. The number of imidazole rings is 1. The van der Waals surface area contributed by atoms with Gasteiger partial charge in [-0.2, -0.15) is 0 Å². The summed E-state index contributed by atoms with van der Waals surface area (Å²) >= 11 is 0. The third-order valence-electron chi connectivity index (χ3n) is 5.26. The quantitative estimate of drug-likeness (QED) is 0.233. The molecule has 4 atom stereocenters. The fourth-order valence-corrected chi connectivity index (χ4v) is 3.43. The Morgan fingerprint density at radius 1 is 0.914 bits per heavy atom. The molecule has 1 aromatic carbocycles. The fraction of sp³-hybridized carbons (Fsp3) is 0.458. The third-order valence-corrected chi connectivity index (χ3v) is 5.26. The van der Waals surface area contributed by atoms with Crippen molar-refractivity contribution in [3.05, 3.63) is 54.1 Å². The average molecular weight is 487 g/mol. The first-order chi connectivity index (χ1) is 16.6. The number of aliphatic carboxylic acids is 1. The summed E-state index contributed by atoms with van der Waals surface area (Å²) in [6, 6.07) is 4.88. The molecule has 4 unspecified atom stereocenters. The largest absolute Gasteiger partial charge is 0.480 e. The van der Waals surface area contributed by atoms with Crippen molar-refractivity contribution in [1.82, 2.24) is 25.9 Å². The number of carbonyl (C=O) groups is 4. The second-order valence-electron chi connectivity index (χ2n) is 8.91. The lowest BCUT2D eigenvalue weighted by Crippen LogP contribution is -2.57. The molecule has 2 rings (SSSR count). The fourth-order valence-electron chi connectivity index (χ4n) is 3.43. The Bertz CT molecular complexity index is 978. The van der Waals surface area contributed by atoms with Gasteiger partial charge in [-0.3, -0.25) is 14.4 Å². The second-order valence-corrected chi connectivity index (χ2v) is 8.91. The predicted molar refractivity (Wildman–Crippen MR) is 129 cm³/mol. The summed E-state index contributed by atoms with van der Waals surface area (Å²) in [5, 5.41) is 17.5. The van der Waals surface area contributed by atoms with Crippen LogP contribution >= 0.6 is 0 Å². The molecule has 0 spiro atoms. The highest BCUT2D eigenvalue weighted by Crippen LogP contribution is 2.09. The summed E-state index contributed by atoms with van der Waals surface area (Å²) in [6.07, 6.45) is 3.40. The summed E-state index contributed by atoms with van der Waals surface area (Å²) in [7, 11) is 0. The lowest BCUT2D eigenvalue weighted by Gasteiger charge is -2.25. The number of nitrogens with two attached hydrogens (primary N) is 1. The standard InChI is InChI=1S/C24H34N6O5/c1-14(2)9-18(28-21(31)15(3)25)22(32)29-19(11-17-12-26-13-27-17)23(33)30-20(24(34)35)10-16-7-5-4-6-8-16/h4-8,12-15,18-20H,9-11,25H2,1-3H3,(H,26,27)(H,28,31)(H,29,32)(H,30,33)(H,34,35). The maximum absolute atomic E-state index is 13.2. The highest BCUT2D eigenvalue weighted by molar-refractivity contribution is 5.94. The van der Waals surface area contributed by atoms with E-state index in [0.717, 1.165) is 5.56 Å². The van der Waals surface area contributed by atoms with Gasteiger partial charge in [0.2, 0.25) is 17.7 Å². The van der Waals surface area contributed by atoms with E-state index in [1.54, 1.807) is 24.3 Å². The van der Waals surface area contributed by atoms with Crippen molar-refractivity contribution < 1.29 is 24.3 Å². The van der Waals surface area contributed by atoms with Crippen LogP contribution in [0.1, 0.15) is 38.4 Å². The molecule has 0 bridgehead atoms. The number of aromatic nitrogens is 2. The molecular formula is C24H34N6O5. The first-order valence-electron chi connectivity index (χ1n) is 11.5. The van der Waals surface area contributed by atoms with E-state index in [2.05, 4.69) is 25.9 Å². The van der Waals surface area contributed by atoms with Gasteiger partial charge in [-0.15, -0.1) is 0 Å². The molecule has 11 heteroatoms. The molecule has 0 aliphatic rings. The maximum atomic E-state index is 13.2. The molecule has 1 heterocycles. The van der Waals surface area contributed by atoms with E-state index in [9.17, 15) is 24.3 Å². The van der Waals surface area contributed by atoms with Gasteiger partial charge in [-0.25, -0.2) is 9.78 Å². The van der Waals surface area contributed by atoms with Crippen LogP contribution in [0.15, 0.2) is 42.9 Å². The van der Waals surface area contributed by atoms with Crippen LogP contribution in [0.2, 0.25) is 0 Å². The van der Waals surface area contributed by atoms with Crippen molar-refractivity contribution in [3.8, 4) is 0 Å². The number of benzene rings is 1. The van der Waals surface area contributed by atoms with Crippen molar-refractivity contribution in [2.45, 2.75) is 64.2 Å². The minimum Gasteiger partial charge on any atom is -0.480 e. The number of carboxylic acid groups (broad SMARTS) is 1. The molecule has 1 aromatic heterocycles. The summed E-state index contributed by atoms with van der Waals surface area (Å²) < 4.78 is 0. The Labute approximate surface area is 204 Å². The summed E-state index contributed by atoms with van der Waals surface area (Å²) in [5.74, 6) is -2.86. The number of H-pyrrole nitrogens is 1. The highest BCUT2D eigenvalue weighted by atomic mass is 16.4. The molecule has 7 N–H and O–H groups in total. The van der Waals surface area contributed by atoms with Gasteiger partial charge in [0, 0.05) is 24.7 Å². The second kappa shape index (κ2) is 13.2. The van der Waals surface area contributed by atoms with Crippen LogP contribution in [0.5, 0.6) is 0 Å². The highest BCUT2D eigenvalue weighted by Gasteiger charge is 2.30. The number of hydrogen-bond acceptors (Lipinski definition) is 6. The van der Waals surface area contributed by atoms with Gasteiger partial charge < -0.3 is 31.8 Å². The smallest absolute Gasteiger partial charge is 0.326 e. The van der Waals surface area contributed by atoms with E-state index in [1.165, 1.54) is 19.4 Å². The number of hydrogen-bond donors (Lipinski definition) is 6. The molecule has 35 heavy (non-hydrogen) atoms. The molecule has 0 aliphatic carbocycles. The zero-order chi connectivity index (χ0) is 26.0. The molecule has 0 saturated carbocycles. The average Bonchev–Trinajstić information content (AvgIpc) is 3.31. The van der Waals surface area contributed by atoms with E-state index in [0.29, 0.717) is 12.1 Å². The molecule has 0 radical (unpaired) electrons. The Morgan fingerprint density at radius 2 is 1.51 bits per heavy atom. The van der Waals surface area contributed by atoms with Crippen molar-refractivity contribution >= 4 is 23.7 Å². The van der Waals surface area contributed by atoms with Crippen LogP contribution in [-0.2, 0) is 32.0 Å². The Balaban J connectivity index is 2.20. The van der Waals surface area contributed by atoms with Gasteiger partial charge in [-0.1, -0.05) is 44.2 Å². The van der Waals surface area contributed by atoms with Crippen molar-refractivity contribution in [2.75, 3.05) is 0 Å². The normalized spacial score (nSPS) is 14.4. The lowest BCUT2D eigenvalue weighted by molar-refractivity contribution is -0.142. The van der Waals surface area contributed by atoms with Crippen LogP contribution in [0.4, 0.5) is 0 Å². The number of rotatable bonds is 13. The van der Waals surface area contributed by atoms with Gasteiger partial charge in [0.05, 0.1) is 12.4 Å². The Morgan fingerprint density at radius 3 is 2.06 bits per heavy atom. The van der Waals surface area contributed by atoms with Gasteiger partial charge in [0.1, 0.15) is 18.1 Å². The molecular weight excluding hydrogens is 452 g/mol. The number of nitrogens with one attached hydrogen (secondary N) is 4. The van der Waals surface area contributed by atoms with Crippen molar-refractivity contribution in [1.29, 1.82) is 0 Å². The summed E-state index contributed by atoms with van der Waals surface area (Å²) in [6.45, 7) is 5.30. The molecule has 0 saturated heterocycles. The summed E-state index contributed by atoms with van der Waals surface area (Å²) in [5.41, 5.74) is 6.94. The molecule has 2 aromatic rings. The van der Waals surface area contributed by atoms with Crippen LogP contribution in [-0.4, -0.2) is 62.9 Å². The van der Waals surface area contributed by atoms with Crippen LogP contribution in [0.3, 0.4) is 0 Å². The first-order valence-corrected chi connectivity index (χ1v) is 11.5. The number of carboxylic acids is 1. The minimum absolute atomic E-state index is 0.0465. The topological polar surface area (TPSA) is 179 Å². The van der Waals surface area contributed by atoms with Crippen LogP contribution < -0.4 is 21.7 Å². The number of carbonyl (C=O) groups excluding carboxylic acids is 3. The Kier molecular flexibility index (Phi) is 10.4. The van der Waals surface area contributed by atoms with Gasteiger partial charge in [0.25, 0.3) is 0 Å². The van der Waals surface area contributed by atoms with Crippen LogP contribution in [0, 0.1) is 5.92 Å². The van der Waals surface area contributed by atoms with E-state index < -0.39 is 47.9 Å². The lowest BCUT2D eigenvalue weighted by atomic mass is 10.0. The van der Waals surface area contributed by atoms with Crippen molar-refractivity contribution in [2.24, 2.45) is 11.7 Å². The summed E-state index contributed by atoms with van der Waals surface area (Å²) in [4.78, 5) is 57.0. The van der Waals surface area contributed by atoms with Crippen molar-refractivity contribution in [3.63, 3.8) is 0 Å². The zero-order valence-electron chi connectivity index (χ0n) is 20.2. The first kappa shape index (κ1) is 27.5.